The molecule has 0 spiro atoms. The number of benzene rings is 1. The molecule has 0 aromatic heterocycles. The maximum Gasteiger partial charge on any atom is 0.123 e. The third-order valence-electron chi connectivity index (χ3n) is 2.80. The molecule has 0 fully saturated rings. The molecule has 0 heterocycles. The molecule has 1 rings (SSSR count). The summed E-state index contributed by atoms with van der Waals surface area (Å²) in [5.41, 5.74) is 1.21. The molecular formula is C14H22FN. The summed E-state index contributed by atoms with van der Waals surface area (Å²) in [5.74, 6) is -0.155. The Labute approximate surface area is 98.1 Å². The monoisotopic (exact) mass is 223 g/mol. The minimum absolute atomic E-state index is 0.155. The van der Waals surface area contributed by atoms with Crippen molar-refractivity contribution in [2.45, 2.75) is 45.6 Å². The van der Waals surface area contributed by atoms with E-state index in [0.717, 1.165) is 19.4 Å². The van der Waals surface area contributed by atoms with Gasteiger partial charge in [0.15, 0.2) is 0 Å². The van der Waals surface area contributed by atoms with E-state index < -0.39 is 0 Å². The fraction of sp³-hybridized carbons (Fsp3) is 0.571. The van der Waals surface area contributed by atoms with Gasteiger partial charge in [-0.25, -0.2) is 4.39 Å². The second-order valence-corrected chi connectivity index (χ2v) is 4.37. The van der Waals surface area contributed by atoms with Crippen LogP contribution in [0.1, 0.15) is 38.7 Å². The number of nitrogens with one attached hydrogen (secondary N) is 1. The van der Waals surface area contributed by atoms with E-state index in [1.165, 1.54) is 30.5 Å². The van der Waals surface area contributed by atoms with Crippen molar-refractivity contribution in [3.63, 3.8) is 0 Å². The van der Waals surface area contributed by atoms with Gasteiger partial charge in [0.25, 0.3) is 0 Å². The van der Waals surface area contributed by atoms with Crippen LogP contribution in [0.25, 0.3) is 0 Å². The fourth-order valence-electron chi connectivity index (χ4n) is 1.66. The van der Waals surface area contributed by atoms with Crippen molar-refractivity contribution >= 4 is 0 Å². The highest BCUT2D eigenvalue weighted by atomic mass is 19.1. The van der Waals surface area contributed by atoms with Crippen molar-refractivity contribution in [2.24, 2.45) is 0 Å². The first kappa shape index (κ1) is 13.2. The van der Waals surface area contributed by atoms with Gasteiger partial charge in [0.1, 0.15) is 5.82 Å². The lowest BCUT2D eigenvalue weighted by molar-refractivity contribution is 0.504. The van der Waals surface area contributed by atoms with E-state index in [0.29, 0.717) is 6.04 Å². The maximum atomic E-state index is 12.7. The number of unbranched alkanes of at least 4 members (excludes halogenated alkanes) is 1. The predicted molar refractivity (Wildman–Crippen MR) is 67.1 cm³/mol. The summed E-state index contributed by atoms with van der Waals surface area (Å²) < 4.78 is 12.7. The minimum Gasteiger partial charge on any atom is -0.314 e. The van der Waals surface area contributed by atoms with E-state index in [1.54, 1.807) is 0 Å². The van der Waals surface area contributed by atoms with E-state index in [2.05, 4.69) is 19.2 Å². The van der Waals surface area contributed by atoms with E-state index in [1.807, 2.05) is 12.1 Å². The topological polar surface area (TPSA) is 12.0 Å². The Morgan fingerprint density at radius 2 is 1.94 bits per heavy atom. The zero-order chi connectivity index (χ0) is 11.8. The molecule has 1 nitrogen and oxygen atoms in total. The van der Waals surface area contributed by atoms with Crippen LogP contribution in [-0.4, -0.2) is 12.6 Å². The largest absolute Gasteiger partial charge is 0.314 e. The van der Waals surface area contributed by atoms with Crippen LogP contribution in [0.5, 0.6) is 0 Å². The number of hydrogen-bond donors (Lipinski definition) is 1. The molecule has 0 amide bonds. The van der Waals surface area contributed by atoms with E-state index >= 15 is 0 Å². The molecule has 0 saturated carbocycles. The molecule has 0 aliphatic heterocycles. The molecule has 0 bridgehead atoms. The molecular weight excluding hydrogens is 201 g/mol. The standard InChI is InChI=1S/C14H22FN/c1-3-4-11-16-12(2)5-6-13-7-9-14(15)10-8-13/h7-10,12,16H,3-6,11H2,1-2H3. The number of rotatable bonds is 7. The molecule has 90 valence electrons. The van der Waals surface area contributed by atoms with E-state index in [9.17, 15) is 4.39 Å². The molecule has 1 unspecified atom stereocenters. The maximum absolute atomic E-state index is 12.7. The smallest absolute Gasteiger partial charge is 0.123 e. The second kappa shape index (κ2) is 7.39. The van der Waals surface area contributed by atoms with Crippen LogP contribution in [0.2, 0.25) is 0 Å². The van der Waals surface area contributed by atoms with Crippen LogP contribution in [0.3, 0.4) is 0 Å². The fourth-order valence-corrected chi connectivity index (χ4v) is 1.66. The average Bonchev–Trinajstić information content (AvgIpc) is 2.29. The first-order valence-electron chi connectivity index (χ1n) is 6.20. The summed E-state index contributed by atoms with van der Waals surface area (Å²) in [4.78, 5) is 0. The zero-order valence-corrected chi connectivity index (χ0v) is 10.3. The van der Waals surface area contributed by atoms with Gasteiger partial charge in [-0.3, -0.25) is 0 Å². The summed E-state index contributed by atoms with van der Waals surface area (Å²) in [5, 5.41) is 3.49. The van der Waals surface area contributed by atoms with Gasteiger partial charge in [0, 0.05) is 6.04 Å². The van der Waals surface area contributed by atoms with Gasteiger partial charge in [-0.1, -0.05) is 25.5 Å². The van der Waals surface area contributed by atoms with Gasteiger partial charge in [-0.15, -0.1) is 0 Å². The third-order valence-corrected chi connectivity index (χ3v) is 2.80. The summed E-state index contributed by atoms with van der Waals surface area (Å²) in [6, 6.07) is 7.34. The number of aryl methyl sites for hydroxylation is 1. The van der Waals surface area contributed by atoms with Crippen molar-refractivity contribution in [1.82, 2.24) is 5.32 Å². The molecule has 0 saturated heterocycles. The first-order valence-corrected chi connectivity index (χ1v) is 6.20. The Hall–Kier alpha value is -0.890. The third kappa shape index (κ3) is 5.26. The molecule has 1 aromatic carbocycles. The normalized spacial score (nSPS) is 12.7. The Bertz CT molecular complexity index is 281. The molecule has 0 radical (unpaired) electrons. The summed E-state index contributed by atoms with van der Waals surface area (Å²) >= 11 is 0. The summed E-state index contributed by atoms with van der Waals surface area (Å²) in [7, 11) is 0. The van der Waals surface area contributed by atoms with E-state index in [4.69, 9.17) is 0 Å². The molecule has 0 aliphatic rings. The lowest BCUT2D eigenvalue weighted by atomic mass is 10.1. The minimum atomic E-state index is -0.155. The van der Waals surface area contributed by atoms with Gasteiger partial charge < -0.3 is 5.32 Å². The Kier molecular flexibility index (Phi) is 6.09. The summed E-state index contributed by atoms with van der Waals surface area (Å²) in [6.07, 6.45) is 4.59. The van der Waals surface area contributed by atoms with Crippen molar-refractivity contribution in [1.29, 1.82) is 0 Å². The molecule has 16 heavy (non-hydrogen) atoms. The van der Waals surface area contributed by atoms with Crippen LogP contribution in [0, 0.1) is 5.82 Å². The zero-order valence-electron chi connectivity index (χ0n) is 10.3. The molecule has 1 N–H and O–H groups in total. The van der Waals surface area contributed by atoms with Crippen LogP contribution < -0.4 is 5.32 Å². The van der Waals surface area contributed by atoms with Crippen LogP contribution in [0.4, 0.5) is 4.39 Å². The number of hydrogen-bond acceptors (Lipinski definition) is 1. The molecule has 0 aliphatic carbocycles. The van der Waals surface area contributed by atoms with Crippen molar-refractivity contribution in [2.75, 3.05) is 6.54 Å². The molecule has 1 atom stereocenters. The average molecular weight is 223 g/mol. The first-order chi connectivity index (χ1) is 7.72. The lowest BCUT2D eigenvalue weighted by Crippen LogP contribution is -2.27. The SMILES string of the molecule is CCCCNC(C)CCc1ccc(F)cc1. The number of halogens is 1. The Morgan fingerprint density at radius 1 is 1.25 bits per heavy atom. The Balaban J connectivity index is 2.20. The van der Waals surface area contributed by atoms with Gasteiger partial charge in [-0.2, -0.15) is 0 Å². The van der Waals surface area contributed by atoms with Crippen LogP contribution in [-0.2, 0) is 6.42 Å². The molecule has 2 heteroatoms. The van der Waals surface area contributed by atoms with Gasteiger partial charge in [-0.05, 0) is 50.4 Å². The van der Waals surface area contributed by atoms with Gasteiger partial charge in [0.05, 0.1) is 0 Å². The van der Waals surface area contributed by atoms with Crippen molar-refractivity contribution in [3.05, 3.63) is 35.6 Å². The van der Waals surface area contributed by atoms with Gasteiger partial charge in [0.2, 0.25) is 0 Å². The predicted octanol–water partition coefficient (Wildman–Crippen LogP) is 3.54. The van der Waals surface area contributed by atoms with Crippen molar-refractivity contribution < 1.29 is 4.39 Å². The van der Waals surface area contributed by atoms with E-state index in [-0.39, 0.29) is 5.82 Å². The summed E-state index contributed by atoms with van der Waals surface area (Å²) in [6.45, 7) is 5.51. The molecule has 1 aromatic rings. The lowest BCUT2D eigenvalue weighted by Gasteiger charge is -2.13. The highest BCUT2D eigenvalue weighted by molar-refractivity contribution is 5.16. The Morgan fingerprint density at radius 3 is 2.56 bits per heavy atom. The van der Waals surface area contributed by atoms with Crippen LogP contribution >= 0.6 is 0 Å². The van der Waals surface area contributed by atoms with Crippen LogP contribution in [0.15, 0.2) is 24.3 Å². The van der Waals surface area contributed by atoms with Gasteiger partial charge >= 0.3 is 0 Å². The highest BCUT2D eigenvalue weighted by Crippen LogP contribution is 2.07. The highest BCUT2D eigenvalue weighted by Gasteiger charge is 2.01. The van der Waals surface area contributed by atoms with Crippen molar-refractivity contribution in [3.8, 4) is 0 Å². The second-order valence-electron chi connectivity index (χ2n) is 4.37. The quantitative estimate of drug-likeness (QED) is 0.697.